The van der Waals surface area contributed by atoms with E-state index in [1.54, 1.807) is 30.8 Å². The number of aromatic nitrogens is 4. The lowest BCUT2D eigenvalue weighted by molar-refractivity contribution is -0.147. The van der Waals surface area contributed by atoms with Crippen LogP contribution in [0, 0.1) is 19.3 Å². The van der Waals surface area contributed by atoms with Gasteiger partial charge in [-0.1, -0.05) is 48.0 Å². The molecule has 9 heteroatoms. The number of carbonyl (C=O) groups is 1. The van der Waals surface area contributed by atoms with Gasteiger partial charge in [-0.15, -0.1) is 5.10 Å². The van der Waals surface area contributed by atoms with E-state index in [2.05, 4.69) is 52.2 Å². The van der Waals surface area contributed by atoms with Crippen molar-refractivity contribution in [2.24, 2.45) is 12.5 Å². The van der Waals surface area contributed by atoms with E-state index < -0.39 is 17.3 Å². The molecule has 0 radical (unpaired) electrons. The van der Waals surface area contributed by atoms with Gasteiger partial charge in [-0.2, -0.15) is 0 Å². The first kappa shape index (κ1) is 28.1. The third-order valence-electron chi connectivity index (χ3n) is 8.28. The van der Waals surface area contributed by atoms with Crippen LogP contribution in [-0.4, -0.2) is 48.6 Å². The lowest BCUT2D eigenvalue weighted by atomic mass is 9.69. The normalized spacial score (nSPS) is 16.8. The van der Waals surface area contributed by atoms with Gasteiger partial charge >= 0.3 is 5.97 Å². The molecule has 0 amide bonds. The molecule has 8 nitrogen and oxygen atoms in total. The van der Waals surface area contributed by atoms with Gasteiger partial charge in [0.25, 0.3) is 0 Å². The minimum Gasteiger partial charge on any atom is -0.489 e. The third kappa shape index (κ3) is 5.18. The Kier molecular flexibility index (Phi) is 7.59. The van der Waals surface area contributed by atoms with Gasteiger partial charge in [0, 0.05) is 50.4 Å². The number of nitrogens with zero attached hydrogens (tertiary/aromatic N) is 5. The number of aliphatic carboxylic acids is 1. The Bertz CT molecular complexity index is 1580. The molecule has 0 saturated heterocycles. The lowest BCUT2D eigenvalue weighted by Crippen LogP contribution is -2.33. The quantitative estimate of drug-likeness (QED) is 0.274. The summed E-state index contributed by atoms with van der Waals surface area (Å²) in [6.07, 6.45) is 2.69. The summed E-state index contributed by atoms with van der Waals surface area (Å²) in [5.41, 5.74) is 6.82. The molecule has 0 bridgehead atoms. The highest BCUT2D eigenvalue weighted by Crippen LogP contribution is 2.44. The van der Waals surface area contributed by atoms with Crippen LogP contribution in [0.1, 0.15) is 66.5 Å². The zero-order valence-electron chi connectivity index (χ0n) is 23.9. The Morgan fingerprint density at radius 3 is 2.73 bits per heavy atom. The van der Waals surface area contributed by atoms with Crippen molar-refractivity contribution in [1.82, 2.24) is 24.9 Å². The number of fused-ring (bicyclic) bond motifs is 2. The zero-order chi connectivity index (χ0) is 28.8. The number of hydrogen-bond donors (Lipinski definition) is 1. The molecule has 2 aromatic heterocycles. The Labute approximate surface area is 239 Å². The lowest BCUT2D eigenvalue weighted by Gasteiger charge is -2.33. The monoisotopic (exact) mass is 561 g/mol. The first-order valence-corrected chi connectivity index (χ1v) is 14.0. The molecular formula is C31H36ClN5O3. The fraction of sp³-hybridized carbons (Fsp3) is 0.419. The van der Waals surface area contributed by atoms with Crippen molar-refractivity contribution in [3.63, 3.8) is 0 Å². The minimum atomic E-state index is -1.07. The molecule has 1 aliphatic heterocycles. The van der Waals surface area contributed by atoms with E-state index >= 15 is 0 Å². The zero-order valence-corrected chi connectivity index (χ0v) is 24.7. The molecule has 210 valence electrons. The smallest absolute Gasteiger partial charge is 0.310 e. The number of carboxylic acid groups (broad SMARTS) is 1. The van der Waals surface area contributed by atoms with Crippen LogP contribution in [0.3, 0.4) is 0 Å². The fourth-order valence-electron chi connectivity index (χ4n) is 5.77. The average molecular weight is 562 g/mol. The van der Waals surface area contributed by atoms with Gasteiger partial charge in [0.15, 0.2) is 0 Å². The van der Waals surface area contributed by atoms with Crippen molar-refractivity contribution in [1.29, 1.82) is 0 Å². The summed E-state index contributed by atoms with van der Waals surface area (Å²) < 4.78 is 8.02. The van der Waals surface area contributed by atoms with E-state index in [0.717, 1.165) is 63.1 Å². The molecule has 1 unspecified atom stereocenters. The van der Waals surface area contributed by atoms with E-state index in [1.165, 1.54) is 0 Å². The van der Waals surface area contributed by atoms with E-state index in [1.807, 2.05) is 26.1 Å². The summed E-state index contributed by atoms with van der Waals surface area (Å²) in [7, 11) is 1.86. The summed E-state index contributed by atoms with van der Waals surface area (Å²) in [4.78, 5) is 19.3. The second kappa shape index (κ2) is 10.8. The maximum Gasteiger partial charge on any atom is 0.310 e. The molecule has 1 aliphatic rings. The van der Waals surface area contributed by atoms with Gasteiger partial charge in [-0.25, -0.2) is 9.67 Å². The van der Waals surface area contributed by atoms with E-state index in [9.17, 15) is 9.90 Å². The number of pyridine rings is 1. The predicted molar refractivity (Wildman–Crippen MR) is 156 cm³/mol. The second-order valence-electron chi connectivity index (χ2n) is 11.4. The van der Waals surface area contributed by atoms with Crippen LogP contribution in [-0.2, 0) is 24.9 Å². The number of halogens is 1. The van der Waals surface area contributed by atoms with Gasteiger partial charge in [-0.3, -0.25) is 9.69 Å². The van der Waals surface area contributed by atoms with Crippen LogP contribution in [0.2, 0.25) is 5.15 Å². The number of hydrogen-bond acceptors (Lipinski definition) is 6. The second-order valence-corrected chi connectivity index (χ2v) is 11.8. The summed E-state index contributed by atoms with van der Waals surface area (Å²) in [5, 5.41) is 19.3. The highest BCUT2D eigenvalue weighted by molar-refractivity contribution is 6.29. The molecule has 3 heterocycles. The highest BCUT2D eigenvalue weighted by atomic mass is 35.5. The SMILES string of the molecule is CC[C@@H]1CN(Cc2cc(C(c3ccc4c(nnn4C)c3C)C(C)(C)C(=O)O)ccc2C)Cc2cnc(Cl)cc2O1. The molecule has 2 aromatic carbocycles. The maximum atomic E-state index is 12.6. The van der Waals surface area contributed by atoms with Gasteiger partial charge < -0.3 is 9.84 Å². The van der Waals surface area contributed by atoms with Crippen molar-refractivity contribution in [3.8, 4) is 5.75 Å². The van der Waals surface area contributed by atoms with Crippen LogP contribution in [0.4, 0.5) is 0 Å². The largest absolute Gasteiger partial charge is 0.489 e. The molecule has 0 saturated carbocycles. The molecule has 2 atom stereocenters. The van der Waals surface area contributed by atoms with Crippen molar-refractivity contribution >= 4 is 28.6 Å². The molecule has 5 rings (SSSR count). The third-order valence-corrected chi connectivity index (χ3v) is 8.49. The molecule has 0 fully saturated rings. The first-order chi connectivity index (χ1) is 19.0. The van der Waals surface area contributed by atoms with Gasteiger partial charge in [0.2, 0.25) is 0 Å². The predicted octanol–water partition coefficient (Wildman–Crippen LogP) is 6.05. The van der Waals surface area contributed by atoms with Gasteiger partial charge in [0.1, 0.15) is 22.5 Å². The highest BCUT2D eigenvalue weighted by Gasteiger charge is 2.40. The van der Waals surface area contributed by atoms with Crippen LogP contribution in [0.25, 0.3) is 11.0 Å². The summed E-state index contributed by atoms with van der Waals surface area (Å²) in [5.74, 6) is -0.451. The van der Waals surface area contributed by atoms with E-state index in [0.29, 0.717) is 18.2 Å². The van der Waals surface area contributed by atoms with Gasteiger partial charge in [0.05, 0.1) is 10.9 Å². The summed E-state index contributed by atoms with van der Waals surface area (Å²) in [6, 6.07) is 12.2. The van der Waals surface area contributed by atoms with Crippen LogP contribution in [0.15, 0.2) is 42.6 Å². The molecule has 4 aromatic rings. The molecule has 1 N–H and O–H groups in total. The number of benzene rings is 2. The number of aryl methyl sites for hydroxylation is 3. The van der Waals surface area contributed by atoms with Crippen molar-refractivity contribution < 1.29 is 14.6 Å². The van der Waals surface area contributed by atoms with Crippen LogP contribution >= 0.6 is 11.6 Å². The van der Waals surface area contributed by atoms with Crippen molar-refractivity contribution in [2.45, 2.75) is 66.2 Å². The van der Waals surface area contributed by atoms with Crippen molar-refractivity contribution in [3.05, 3.63) is 81.1 Å². The molecular weight excluding hydrogens is 526 g/mol. The van der Waals surface area contributed by atoms with E-state index in [4.69, 9.17) is 16.3 Å². The standard InChI is InChI=1S/C31H36ClN5O3/c1-7-23-17-37(16-22-14-33-27(32)13-26(22)40-23)15-21-12-20(9-8-18(21)2)28(31(4,5)30(38)39)24-10-11-25-29(19(24)3)34-35-36(25)6/h8-14,23,28H,7,15-17H2,1-6H3,(H,38,39)/t23-,28?/m1/s1. The number of rotatable bonds is 7. The summed E-state index contributed by atoms with van der Waals surface area (Å²) >= 11 is 6.15. The Balaban J connectivity index is 1.56. The maximum absolute atomic E-state index is 12.6. The Morgan fingerprint density at radius 2 is 2.00 bits per heavy atom. The molecule has 40 heavy (non-hydrogen) atoms. The first-order valence-electron chi connectivity index (χ1n) is 13.6. The Morgan fingerprint density at radius 1 is 1.23 bits per heavy atom. The fourth-order valence-corrected chi connectivity index (χ4v) is 5.91. The summed E-state index contributed by atoms with van der Waals surface area (Å²) in [6.45, 7) is 12.0. The number of carboxylic acids is 1. The topological polar surface area (TPSA) is 93.4 Å². The van der Waals surface area contributed by atoms with Crippen molar-refractivity contribution in [2.75, 3.05) is 6.54 Å². The Hall–Kier alpha value is -3.49. The number of ether oxygens (including phenoxy) is 1. The van der Waals surface area contributed by atoms with Crippen LogP contribution in [0.5, 0.6) is 5.75 Å². The minimum absolute atomic E-state index is 0.0308. The average Bonchev–Trinajstić information content (AvgIpc) is 3.19. The van der Waals surface area contributed by atoms with Gasteiger partial charge in [-0.05, 0) is 68.0 Å². The molecule has 0 spiro atoms. The van der Waals surface area contributed by atoms with Crippen LogP contribution < -0.4 is 4.74 Å². The van der Waals surface area contributed by atoms with E-state index in [-0.39, 0.29) is 6.10 Å². The molecule has 0 aliphatic carbocycles.